The minimum Gasteiger partial charge on any atom is -0.455 e. The van der Waals surface area contributed by atoms with Gasteiger partial charge in [-0.3, -0.25) is 4.79 Å². The molecule has 0 radical (unpaired) electrons. The third kappa shape index (κ3) is 4.42. The van der Waals surface area contributed by atoms with Crippen LogP contribution in [0.3, 0.4) is 0 Å². The van der Waals surface area contributed by atoms with E-state index in [1.54, 1.807) is 25.4 Å². The van der Waals surface area contributed by atoms with E-state index < -0.39 is 0 Å². The molecule has 2 atom stereocenters. The van der Waals surface area contributed by atoms with Gasteiger partial charge in [-0.2, -0.15) is 5.10 Å². The lowest BCUT2D eigenvalue weighted by atomic mass is 10.00. The number of hydrogen-bond acceptors (Lipinski definition) is 7. The molecule has 8 nitrogen and oxygen atoms in total. The number of ether oxygens (including phenoxy) is 1. The number of nitrogens with one attached hydrogen (secondary N) is 2. The molecular weight excluding hydrogens is 449 g/mol. The Kier molecular flexibility index (Phi) is 6.08. The first kappa shape index (κ1) is 22.8. The van der Waals surface area contributed by atoms with Crippen LogP contribution in [0.1, 0.15) is 28.9 Å². The van der Waals surface area contributed by atoms with Gasteiger partial charge in [-0.15, -0.1) is 5.10 Å². The van der Waals surface area contributed by atoms with Gasteiger partial charge in [0.15, 0.2) is 0 Å². The number of nitrogens with zero attached hydrogens (tertiary/aromatic N) is 3. The van der Waals surface area contributed by atoms with Crippen LogP contribution in [0.15, 0.2) is 59.1 Å². The van der Waals surface area contributed by atoms with E-state index in [-0.39, 0.29) is 23.9 Å². The fourth-order valence-corrected chi connectivity index (χ4v) is 4.50. The Morgan fingerprint density at radius 3 is 2.74 bits per heavy atom. The SMILES string of the molecule is CNC(=O)c1c(-c2ccc(F)cc2)oc2cc3c(cc12)[C@H](C)O[C@H](CNc1cccnn1)CN3C. The topological polar surface area (TPSA) is 92.5 Å². The molecule has 1 aliphatic rings. The Hall–Kier alpha value is -3.98. The Labute approximate surface area is 202 Å². The monoisotopic (exact) mass is 475 g/mol. The van der Waals surface area contributed by atoms with Crippen LogP contribution in [0.5, 0.6) is 0 Å². The first-order valence-electron chi connectivity index (χ1n) is 11.4. The van der Waals surface area contributed by atoms with Gasteiger partial charge in [-0.05, 0) is 49.4 Å². The van der Waals surface area contributed by atoms with Crippen molar-refractivity contribution in [2.45, 2.75) is 19.1 Å². The average molecular weight is 476 g/mol. The molecule has 1 aliphatic heterocycles. The normalized spacial score (nSPS) is 17.7. The van der Waals surface area contributed by atoms with Crippen molar-refractivity contribution >= 4 is 28.4 Å². The number of halogens is 1. The number of carbonyl (C=O) groups excluding carboxylic acids is 1. The molecule has 4 aromatic rings. The standard InChI is InChI=1S/C26H26FN5O3/c1-15-19-11-20-22(35-25(24(20)26(33)28-2)16-6-8-17(27)9-7-16)12-21(19)32(3)14-18(34-15)13-29-23-5-4-10-30-31-23/h4-12,15,18H,13-14H2,1-3H3,(H,28,33)(H,29,31)/t15-,18+/m0/s1. The van der Waals surface area contributed by atoms with Crippen LogP contribution in [0, 0.1) is 5.82 Å². The Morgan fingerprint density at radius 2 is 2.03 bits per heavy atom. The van der Waals surface area contributed by atoms with Crippen LogP contribution in [0.25, 0.3) is 22.3 Å². The number of carbonyl (C=O) groups is 1. The van der Waals surface area contributed by atoms with E-state index in [0.29, 0.717) is 46.8 Å². The van der Waals surface area contributed by atoms with Crippen molar-refractivity contribution in [1.82, 2.24) is 15.5 Å². The zero-order chi connectivity index (χ0) is 24.5. The molecule has 0 bridgehead atoms. The molecule has 0 aliphatic carbocycles. The smallest absolute Gasteiger partial charge is 0.255 e. The third-order valence-electron chi connectivity index (χ3n) is 6.20. The van der Waals surface area contributed by atoms with Crippen LogP contribution in [-0.2, 0) is 4.74 Å². The van der Waals surface area contributed by atoms with Crippen molar-refractivity contribution in [2.24, 2.45) is 0 Å². The number of furan rings is 1. The maximum atomic E-state index is 13.5. The van der Waals surface area contributed by atoms with E-state index >= 15 is 0 Å². The summed E-state index contributed by atoms with van der Waals surface area (Å²) in [5.41, 5.74) is 3.55. The zero-order valence-electron chi connectivity index (χ0n) is 19.7. The maximum absolute atomic E-state index is 13.5. The van der Waals surface area contributed by atoms with E-state index in [0.717, 1.165) is 11.3 Å². The first-order chi connectivity index (χ1) is 16.9. The van der Waals surface area contributed by atoms with Crippen LogP contribution in [-0.4, -0.2) is 49.4 Å². The molecule has 2 aromatic carbocycles. The van der Waals surface area contributed by atoms with Gasteiger partial charge in [0.05, 0.1) is 17.8 Å². The second-order valence-electron chi connectivity index (χ2n) is 8.57. The fraction of sp³-hybridized carbons (Fsp3) is 0.269. The Morgan fingerprint density at radius 1 is 1.23 bits per heavy atom. The Bertz CT molecular complexity index is 1360. The molecular formula is C26H26FN5O3. The second kappa shape index (κ2) is 9.34. The summed E-state index contributed by atoms with van der Waals surface area (Å²) in [6.07, 6.45) is 1.29. The third-order valence-corrected chi connectivity index (χ3v) is 6.20. The lowest BCUT2D eigenvalue weighted by molar-refractivity contribution is 0.0134. The number of rotatable bonds is 5. The quantitative estimate of drug-likeness (QED) is 0.442. The largest absolute Gasteiger partial charge is 0.455 e. The summed E-state index contributed by atoms with van der Waals surface area (Å²) in [6, 6.07) is 13.5. The number of likely N-dealkylation sites (N-methyl/N-ethyl adjacent to an activating group) is 1. The van der Waals surface area contributed by atoms with E-state index in [1.165, 1.54) is 12.1 Å². The predicted octanol–water partition coefficient (Wildman–Crippen LogP) is 4.40. The van der Waals surface area contributed by atoms with Gasteiger partial charge in [-0.25, -0.2) is 4.39 Å². The zero-order valence-corrected chi connectivity index (χ0v) is 19.7. The lowest BCUT2D eigenvalue weighted by Gasteiger charge is -2.23. The molecule has 180 valence electrons. The van der Waals surface area contributed by atoms with Crippen molar-refractivity contribution in [3.05, 3.63) is 71.7 Å². The molecule has 2 N–H and O–H groups in total. The highest BCUT2D eigenvalue weighted by atomic mass is 19.1. The molecule has 0 spiro atoms. The average Bonchev–Trinajstić information content (AvgIpc) is 3.20. The first-order valence-corrected chi connectivity index (χ1v) is 11.4. The van der Waals surface area contributed by atoms with E-state index in [4.69, 9.17) is 9.15 Å². The minimum atomic E-state index is -0.353. The molecule has 5 rings (SSSR count). The van der Waals surface area contributed by atoms with Crippen LogP contribution >= 0.6 is 0 Å². The fourth-order valence-electron chi connectivity index (χ4n) is 4.50. The highest BCUT2D eigenvalue weighted by molar-refractivity contribution is 6.11. The van der Waals surface area contributed by atoms with Crippen molar-refractivity contribution in [2.75, 3.05) is 37.4 Å². The molecule has 2 aromatic heterocycles. The number of aromatic nitrogens is 2. The predicted molar refractivity (Wildman–Crippen MR) is 132 cm³/mol. The molecule has 0 unspecified atom stereocenters. The molecule has 1 amide bonds. The van der Waals surface area contributed by atoms with Gasteiger partial charge in [0, 0.05) is 61.6 Å². The van der Waals surface area contributed by atoms with Crippen LogP contribution in [0.4, 0.5) is 15.9 Å². The summed E-state index contributed by atoms with van der Waals surface area (Å²) >= 11 is 0. The van der Waals surface area contributed by atoms with E-state index in [1.807, 2.05) is 38.2 Å². The number of anilines is 2. The summed E-state index contributed by atoms with van der Waals surface area (Å²) in [6.45, 7) is 3.21. The van der Waals surface area contributed by atoms with Gasteiger partial charge >= 0.3 is 0 Å². The highest BCUT2D eigenvalue weighted by Gasteiger charge is 2.29. The van der Waals surface area contributed by atoms with Crippen LogP contribution < -0.4 is 15.5 Å². The van der Waals surface area contributed by atoms with Crippen LogP contribution in [0.2, 0.25) is 0 Å². The van der Waals surface area contributed by atoms with Gasteiger partial charge in [0.1, 0.15) is 23.0 Å². The van der Waals surface area contributed by atoms with Crippen molar-refractivity contribution in [1.29, 1.82) is 0 Å². The van der Waals surface area contributed by atoms with Crippen molar-refractivity contribution in [3.8, 4) is 11.3 Å². The number of amides is 1. The summed E-state index contributed by atoms with van der Waals surface area (Å²) in [5.74, 6) is 0.467. The minimum absolute atomic E-state index is 0.108. The summed E-state index contributed by atoms with van der Waals surface area (Å²) in [7, 11) is 3.58. The van der Waals surface area contributed by atoms with Gasteiger partial charge in [0.2, 0.25) is 0 Å². The van der Waals surface area contributed by atoms with Gasteiger partial charge in [0.25, 0.3) is 5.91 Å². The van der Waals surface area contributed by atoms with E-state index in [9.17, 15) is 9.18 Å². The summed E-state index contributed by atoms with van der Waals surface area (Å²) in [5, 5.41) is 14.6. The molecule has 9 heteroatoms. The maximum Gasteiger partial charge on any atom is 0.255 e. The Balaban J connectivity index is 1.52. The van der Waals surface area contributed by atoms with Crippen molar-refractivity contribution < 1.29 is 18.3 Å². The summed E-state index contributed by atoms with van der Waals surface area (Å²) < 4.78 is 26.1. The highest BCUT2D eigenvalue weighted by Crippen LogP contribution is 2.41. The number of hydrogen-bond donors (Lipinski definition) is 2. The molecule has 3 heterocycles. The molecule has 0 fully saturated rings. The van der Waals surface area contributed by atoms with E-state index in [2.05, 4.69) is 25.7 Å². The number of benzene rings is 2. The van der Waals surface area contributed by atoms with Crippen molar-refractivity contribution in [3.63, 3.8) is 0 Å². The van der Waals surface area contributed by atoms with Gasteiger partial charge in [-0.1, -0.05) is 0 Å². The summed E-state index contributed by atoms with van der Waals surface area (Å²) in [4.78, 5) is 15.0. The molecule has 0 saturated heterocycles. The molecule has 35 heavy (non-hydrogen) atoms. The molecule has 0 saturated carbocycles. The van der Waals surface area contributed by atoms with Gasteiger partial charge < -0.3 is 24.7 Å². The second-order valence-corrected chi connectivity index (χ2v) is 8.57. The lowest BCUT2D eigenvalue weighted by Crippen LogP contribution is -2.34. The number of fused-ring (bicyclic) bond motifs is 2.